The molecule has 0 aromatic heterocycles. The van der Waals surface area contributed by atoms with Crippen molar-refractivity contribution in [3.05, 3.63) is 11.9 Å². The Balaban J connectivity index is 4.66. The minimum atomic E-state index is -3.64. The Labute approximate surface area is 122 Å². The van der Waals surface area contributed by atoms with Gasteiger partial charge in [-0.3, -0.25) is 4.57 Å². The van der Waals surface area contributed by atoms with E-state index in [0.717, 1.165) is 25.7 Å². The lowest BCUT2D eigenvalue weighted by Gasteiger charge is -2.19. The highest BCUT2D eigenvalue weighted by atomic mass is 31.2. The normalized spacial score (nSPS) is 11.3. The van der Waals surface area contributed by atoms with Crippen LogP contribution < -0.4 is 0 Å². The highest BCUT2D eigenvalue weighted by Crippen LogP contribution is 2.56. The molecule has 0 aromatic rings. The summed E-state index contributed by atoms with van der Waals surface area (Å²) in [6.07, 6.45) is 4.00. The van der Waals surface area contributed by atoms with E-state index < -0.39 is 13.6 Å². The first kappa shape index (κ1) is 19.4. The quantitative estimate of drug-likeness (QED) is 0.233. The number of hydrogen-bond donors (Lipinski definition) is 0. The molecular formula is C14H27O5P. The van der Waals surface area contributed by atoms with Crippen LogP contribution in [0.15, 0.2) is 11.9 Å². The number of carbonyl (C=O) groups is 1. The first-order valence-corrected chi connectivity index (χ1v) is 8.81. The SMILES string of the molecule is C=C(C(=O)OCCC)P(=O)(OCCCC)OCCCC. The molecule has 0 atom stereocenters. The van der Waals surface area contributed by atoms with Gasteiger partial charge < -0.3 is 13.8 Å². The molecule has 6 heteroatoms. The molecule has 0 aliphatic rings. The smallest absolute Gasteiger partial charge is 0.368 e. The lowest BCUT2D eigenvalue weighted by molar-refractivity contribution is -0.138. The molecule has 0 spiro atoms. The minimum absolute atomic E-state index is 0.210. The molecule has 0 aliphatic heterocycles. The van der Waals surface area contributed by atoms with Crippen LogP contribution in [0.5, 0.6) is 0 Å². The van der Waals surface area contributed by atoms with Gasteiger partial charge in [-0.15, -0.1) is 0 Å². The minimum Gasteiger partial charge on any atom is -0.462 e. The van der Waals surface area contributed by atoms with E-state index >= 15 is 0 Å². The third kappa shape index (κ3) is 7.22. The van der Waals surface area contributed by atoms with Gasteiger partial charge >= 0.3 is 13.6 Å². The second kappa shape index (κ2) is 11.1. The molecule has 20 heavy (non-hydrogen) atoms. The monoisotopic (exact) mass is 306 g/mol. The van der Waals surface area contributed by atoms with Gasteiger partial charge in [-0.05, 0) is 19.3 Å². The molecule has 0 saturated carbocycles. The highest BCUT2D eigenvalue weighted by Gasteiger charge is 2.34. The van der Waals surface area contributed by atoms with Gasteiger partial charge in [0.05, 0.1) is 19.8 Å². The van der Waals surface area contributed by atoms with Crippen LogP contribution in [0, 0.1) is 0 Å². The number of esters is 1. The van der Waals surface area contributed by atoms with Crippen molar-refractivity contribution in [2.24, 2.45) is 0 Å². The maximum absolute atomic E-state index is 12.6. The van der Waals surface area contributed by atoms with Gasteiger partial charge in [0.1, 0.15) is 5.31 Å². The maximum Gasteiger partial charge on any atom is 0.368 e. The van der Waals surface area contributed by atoms with Gasteiger partial charge in [0.15, 0.2) is 0 Å². The van der Waals surface area contributed by atoms with Crippen molar-refractivity contribution in [2.45, 2.75) is 52.9 Å². The zero-order chi connectivity index (χ0) is 15.4. The lowest BCUT2D eigenvalue weighted by atomic mass is 10.4. The molecule has 0 saturated heterocycles. The summed E-state index contributed by atoms with van der Waals surface area (Å²) < 4.78 is 28.2. The highest BCUT2D eigenvalue weighted by molar-refractivity contribution is 7.59. The topological polar surface area (TPSA) is 61.8 Å². The first-order valence-electron chi connectivity index (χ1n) is 7.27. The van der Waals surface area contributed by atoms with E-state index in [1.807, 2.05) is 20.8 Å². The summed E-state index contributed by atoms with van der Waals surface area (Å²) in [5, 5.41) is -0.210. The molecule has 0 aromatic carbocycles. The Kier molecular flexibility index (Phi) is 10.7. The Morgan fingerprint density at radius 3 is 1.85 bits per heavy atom. The molecule has 0 radical (unpaired) electrons. The Morgan fingerprint density at radius 1 is 0.950 bits per heavy atom. The molecular weight excluding hydrogens is 279 g/mol. The van der Waals surface area contributed by atoms with Crippen molar-refractivity contribution in [2.75, 3.05) is 19.8 Å². The zero-order valence-corrected chi connectivity index (χ0v) is 13.7. The van der Waals surface area contributed by atoms with E-state index in [1.54, 1.807) is 0 Å². The van der Waals surface area contributed by atoms with Crippen LogP contribution >= 0.6 is 7.60 Å². The fraction of sp³-hybridized carbons (Fsp3) is 0.786. The van der Waals surface area contributed by atoms with Crippen LogP contribution in [0.1, 0.15) is 52.9 Å². The van der Waals surface area contributed by atoms with Crippen molar-refractivity contribution >= 4 is 13.6 Å². The largest absolute Gasteiger partial charge is 0.462 e. The molecule has 118 valence electrons. The molecule has 0 heterocycles. The van der Waals surface area contributed by atoms with Crippen molar-refractivity contribution in [1.29, 1.82) is 0 Å². The van der Waals surface area contributed by atoms with Gasteiger partial charge in [-0.25, -0.2) is 4.79 Å². The molecule has 0 N–H and O–H groups in total. The second-order valence-corrected chi connectivity index (χ2v) is 6.50. The van der Waals surface area contributed by atoms with E-state index in [1.165, 1.54) is 0 Å². The van der Waals surface area contributed by atoms with Crippen LogP contribution in [0.25, 0.3) is 0 Å². The second-order valence-electron chi connectivity index (χ2n) is 4.45. The number of carbonyl (C=O) groups excluding carboxylic acids is 1. The van der Waals surface area contributed by atoms with Crippen molar-refractivity contribution in [3.8, 4) is 0 Å². The maximum atomic E-state index is 12.6. The number of unbranched alkanes of at least 4 members (excludes halogenated alkanes) is 2. The third-order valence-electron chi connectivity index (χ3n) is 2.52. The first-order chi connectivity index (χ1) is 9.51. The predicted octanol–water partition coefficient (Wildman–Crippen LogP) is 4.28. The van der Waals surface area contributed by atoms with E-state index in [0.29, 0.717) is 6.42 Å². The Morgan fingerprint density at radius 2 is 1.45 bits per heavy atom. The molecule has 0 unspecified atom stereocenters. The summed E-state index contributed by atoms with van der Waals surface area (Å²) in [5.74, 6) is -0.705. The lowest BCUT2D eigenvalue weighted by Crippen LogP contribution is -2.12. The van der Waals surface area contributed by atoms with E-state index in [-0.39, 0.29) is 25.1 Å². The molecule has 0 rings (SSSR count). The summed E-state index contributed by atoms with van der Waals surface area (Å²) in [6.45, 7) is 10.2. The van der Waals surface area contributed by atoms with Gasteiger partial charge in [0, 0.05) is 0 Å². The average Bonchev–Trinajstić information content (AvgIpc) is 2.44. The van der Waals surface area contributed by atoms with E-state index in [2.05, 4.69) is 6.58 Å². The van der Waals surface area contributed by atoms with Gasteiger partial charge in [0.25, 0.3) is 0 Å². The summed E-state index contributed by atoms with van der Waals surface area (Å²) >= 11 is 0. The number of hydrogen-bond acceptors (Lipinski definition) is 5. The van der Waals surface area contributed by atoms with Crippen molar-refractivity contribution in [3.63, 3.8) is 0 Å². The Bertz CT molecular complexity index is 326. The van der Waals surface area contributed by atoms with Crippen LogP contribution in [-0.4, -0.2) is 25.8 Å². The molecule has 0 bridgehead atoms. The van der Waals surface area contributed by atoms with Crippen LogP contribution in [0.3, 0.4) is 0 Å². The average molecular weight is 306 g/mol. The molecule has 0 fully saturated rings. The van der Waals surface area contributed by atoms with Gasteiger partial charge in [-0.2, -0.15) is 0 Å². The van der Waals surface area contributed by atoms with Crippen LogP contribution in [0.4, 0.5) is 0 Å². The number of rotatable bonds is 12. The van der Waals surface area contributed by atoms with Gasteiger partial charge in [0.2, 0.25) is 0 Å². The Hall–Kier alpha value is -0.640. The summed E-state index contributed by atoms with van der Waals surface area (Å²) in [4.78, 5) is 11.8. The van der Waals surface area contributed by atoms with E-state index in [4.69, 9.17) is 13.8 Å². The third-order valence-corrected chi connectivity index (χ3v) is 4.41. The van der Waals surface area contributed by atoms with Crippen molar-refractivity contribution < 1.29 is 23.1 Å². The van der Waals surface area contributed by atoms with Gasteiger partial charge in [-0.1, -0.05) is 40.2 Å². The fourth-order valence-electron chi connectivity index (χ4n) is 1.24. The number of ether oxygens (including phenoxy) is 1. The zero-order valence-electron chi connectivity index (χ0n) is 12.9. The predicted molar refractivity (Wildman–Crippen MR) is 79.7 cm³/mol. The standard InChI is InChI=1S/C14H27O5P/c1-5-8-11-18-20(16,19-12-9-6-2)13(4)14(15)17-10-7-3/h4-12H2,1-3H3. The summed E-state index contributed by atoms with van der Waals surface area (Å²) in [5.41, 5.74) is 0. The fourth-order valence-corrected chi connectivity index (χ4v) is 2.65. The van der Waals surface area contributed by atoms with Crippen LogP contribution in [-0.2, 0) is 23.1 Å². The molecule has 0 amide bonds. The van der Waals surface area contributed by atoms with E-state index in [9.17, 15) is 9.36 Å². The van der Waals surface area contributed by atoms with Crippen molar-refractivity contribution in [1.82, 2.24) is 0 Å². The summed E-state index contributed by atoms with van der Waals surface area (Å²) in [7, 11) is -3.64. The molecule has 5 nitrogen and oxygen atoms in total. The molecule has 0 aliphatic carbocycles. The summed E-state index contributed by atoms with van der Waals surface area (Å²) in [6, 6.07) is 0. The van der Waals surface area contributed by atoms with Crippen LogP contribution in [0.2, 0.25) is 0 Å².